The number of hydrogen-bond donors (Lipinski definition) is 0. The van der Waals surface area contributed by atoms with Crippen molar-refractivity contribution < 1.29 is 33.5 Å². The number of hydrogen-bond acceptors (Lipinski definition) is 8. The first kappa shape index (κ1) is 38.3. The van der Waals surface area contributed by atoms with Crippen LogP contribution in [0.2, 0.25) is 0 Å². The van der Waals surface area contributed by atoms with E-state index < -0.39 is 0 Å². The number of ether oxygens (including phenoxy) is 5. The fourth-order valence-corrected chi connectivity index (χ4v) is 7.69. The molecule has 7 nitrogen and oxygen atoms in total. The van der Waals surface area contributed by atoms with E-state index >= 15 is 0 Å². The van der Waals surface area contributed by atoms with E-state index in [9.17, 15) is 0 Å². The molecule has 2 aliphatic rings. The summed E-state index contributed by atoms with van der Waals surface area (Å²) in [6.45, 7) is 12.2. The van der Waals surface area contributed by atoms with Gasteiger partial charge in [-0.2, -0.15) is 0 Å². The average molecular weight is 673 g/mol. The molecule has 0 saturated carbocycles. The summed E-state index contributed by atoms with van der Waals surface area (Å²) in [7, 11) is 1.55. The molecule has 2 aliphatic heterocycles. The molecule has 6 atom stereocenters. The van der Waals surface area contributed by atoms with Crippen LogP contribution >= 0.6 is 11.8 Å². The summed E-state index contributed by atoms with van der Waals surface area (Å²) < 4.78 is 33.5. The van der Waals surface area contributed by atoms with E-state index in [0.29, 0.717) is 44.9 Å². The van der Waals surface area contributed by atoms with Crippen molar-refractivity contribution >= 4 is 11.8 Å². The fourth-order valence-electron chi connectivity index (χ4n) is 6.33. The molecule has 0 aliphatic carbocycles. The van der Waals surface area contributed by atoms with Crippen molar-refractivity contribution in [3.05, 3.63) is 64.7 Å². The van der Waals surface area contributed by atoms with Gasteiger partial charge in [0.15, 0.2) is 0 Å². The Hall–Kier alpha value is -1.49. The van der Waals surface area contributed by atoms with Crippen molar-refractivity contribution in [2.24, 2.45) is 0 Å². The highest BCUT2D eigenvalue weighted by molar-refractivity contribution is 8.00. The van der Waals surface area contributed by atoms with Crippen LogP contribution in [0.5, 0.6) is 0 Å². The van der Waals surface area contributed by atoms with Crippen molar-refractivity contribution in [2.75, 3.05) is 40.1 Å². The average Bonchev–Trinajstić information content (AvgIpc) is 3.50. The highest BCUT2D eigenvalue weighted by Crippen LogP contribution is 2.41. The third-order valence-electron chi connectivity index (χ3n) is 9.01. The summed E-state index contributed by atoms with van der Waals surface area (Å²) >= 11 is 1.99. The molecule has 1 fully saturated rings. The summed E-state index contributed by atoms with van der Waals surface area (Å²) in [6.07, 6.45) is 8.62. The van der Waals surface area contributed by atoms with Crippen LogP contribution in [0.4, 0.5) is 0 Å². The smallest absolute Gasteiger partial charge is 0.117 e. The number of rotatable bonds is 23. The van der Waals surface area contributed by atoms with E-state index in [1.54, 1.807) is 7.11 Å². The van der Waals surface area contributed by atoms with Gasteiger partial charge in [-0.25, -0.2) is 9.78 Å². The van der Waals surface area contributed by atoms with E-state index in [0.717, 1.165) is 75.3 Å². The second-order valence-corrected chi connectivity index (χ2v) is 14.2. The molecule has 1 saturated heterocycles. The molecule has 2 aromatic rings. The highest BCUT2D eigenvalue weighted by Gasteiger charge is 2.49. The van der Waals surface area contributed by atoms with Crippen molar-refractivity contribution in [1.29, 1.82) is 0 Å². The zero-order chi connectivity index (χ0) is 33.3. The summed E-state index contributed by atoms with van der Waals surface area (Å²) in [5, 5.41) is 0.492. The lowest BCUT2D eigenvalue weighted by Crippen LogP contribution is -2.58. The molecule has 2 heterocycles. The molecule has 2 aromatic carbocycles. The molecular formula is C39H60O7S. The summed E-state index contributed by atoms with van der Waals surface area (Å²) in [4.78, 5) is 12.0. The molecule has 0 spiro atoms. The molecule has 47 heavy (non-hydrogen) atoms. The highest BCUT2D eigenvalue weighted by atomic mass is 32.2. The molecule has 4 rings (SSSR count). The molecule has 0 amide bonds. The summed E-state index contributed by atoms with van der Waals surface area (Å²) in [6, 6.07) is 15.5. The van der Waals surface area contributed by atoms with Gasteiger partial charge in [0.25, 0.3) is 0 Å². The first-order valence-corrected chi connectivity index (χ1v) is 19.1. The van der Waals surface area contributed by atoms with Gasteiger partial charge >= 0.3 is 0 Å². The quantitative estimate of drug-likeness (QED) is 0.0659. The molecule has 8 heteroatoms. The zero-order valence-electron chi connectivity index (χ0n) is 29.6. The first-order chi connectivity index (χ1) is 23.1. The minimum Gasteiger partial charge on any atom is -0.379 e. The number of unbranched alkanes of at least 4 members (excludes halogenated alkanes) is 4. The van der Waals surface area contributed by atoms with E-state index in [2.05, 4.69) is 70.2 Å². The maximum atomic E-state index is 7.12. The Balaban J connectivity index is 1.70. The van der Waals surface area contributed by atoms with Crippen LogP contribution in [0.1, 0.15) is 107 Å². The standard InChI is InChI=1S/C39H60O7S/c1-6-10-20-41-28-34-37(42-21-11-7-2)39(44-23-13-9-4)38(43-22-12-8-3)36(46-34)33-25-29(18-19-31(33)27-45-40-5)24-32-26-30-16-14-15-17-35(30)47-32/h14-19,25,32,34,36-39H,6-13,20-24,26-28H2,1-5H3/t32?,34-,36+,37-,38+,39+/m1/s1. The molecule has 0 radical (unpaired) electrons. The van der Waals surface area contributed by atoms with E-state index in [1.807, 2.05) is 11.8 Å². The molecule has 264 valence electrons. The van der Waals surface area contributed by atoms with Crippen LogP contribution in [0.15, 0.2) is 47.4 Å². The van der Waals surface area contributed by atoms with Gasteiger partial charge in [-0.3, -0.25) is 0 Å². The lowest BCUT2D eigenvalue weighted by Gasteiger charge is -2.47. The third-order valence-corrected chi connectivity index (χ3v) is 10.3. The normalized spacial score (nSPS) is 24.1. The zero-order valence-corrected chi connectivity index (χ0v) is 30.4. The summed E-state index contributed by atoms with van der Waals surface area (Å²) in [5.74, 6) is 0. The van der Waals surface area contributed by atoms with Gasteiger partial charge in [0, 0.05) is 36.6 Å². The van der Waals surface area contributed by atoms with Gasteiger partial charge in [-0.05, 0) is 66.8 Å². The van der Waals surface area contributed by atoms with Gasteiger partial charge in [0.1, 0.15) is 37.1 Å². The first-order valence-electron chi connectivity index (χ1n) is 18.2. The van der Waals surface area contributed by atoms with Crippen LogP contribution in [0.25, 0.3) is 0 Å². The van der Waals surface area contributed by atoms with Crippen LogP contribution in [0, 0.1) is 0 Å². The number of thioether (sulfide) groups is 1. The summed E-state index contributed by atoms with van der Waals surface area (Å²) in [5.41, 5.74) is 4.81. The molecule has 0 N–H and O–H groups in total. The number of benzene rings is 2. The lowest BCUT2D eigenvalue weighted by atomic mass is 9.87. The molecule has 0 aromatic heterocycles. The van der Waals surface area contributed by atoms with Crippen molar-refractivity contribution in [3.63, 3.8) is 0 Å². The molecule has 0 bridgehead atoms. The van der Waals surface area contributed by atoms with Gasteiger partial charge in [-0.15, -0.1) is 11.8 Å². The van der Waals surface area contributed by atoms with Crippen molar-refractivity contribution in [1.82, 2.24) is 0 Å². The van der Waals surface area contributed by atoms with E-state index in [4.69, 9.17) is 33.5 Å². The van der Waals surface area contributed by atoms with Crippen LogP contribution in [0.3, 0.4) is 0 Å². The molecular weight excluding hydrogens is 612 g/mol. The predicted molar refractivity (Wildman–Crippen MR) is 189 cm³/mol. The monoisotopic (exact) mass is 672 g/mol. The van der Waals surface area contributed by atoms with Crippen LogP contribution in [-0.2, 0) is 52.9 Å². The Kier molecular flexibility index (Phi) is 17.6. The van der Waals surface area contributed by atoms with Gasteiger partial charge in [0.2, 0.25) is 0 Å². The minimum absolute atomic E-state index is 0.293. The van der Waals surface area contributed by atoms with E-state index in [1.165, 1.54) is 16.0 Å². The minimum atomic E-state index is -0.381. The van der Waals surface area contributed by atoms with Crippen LogP contribution in [-0.4, -0.2) is 69.8 Å². The van der Waals surface area contributed by atoms with Gasteiger partial charge in [0.05, 0.1) is 13.7 Å². The Morgan fingerprint density at radius 3 is 2.11 bits per heavy atom. The second kappa shape index (κ2) is 21.6. The second-order valence-electron chi connectivity index (χ2n) is 12.8. The fraction of sp³-hybridized carbons (Fsp3) is 0.692. The maximum absolute atomic E-state index is 7.12. The van der Waals surface area contributed by atoms with Crippen LogP contribution < -0.4 is 0 Å². The van der Waals surface area contributed by atoms with Crippen molar-refractivity contribution in [3.8, 4) is 0 Å². The maximum Gasteiger partial charge on any atom is 0.117 e. The number of fused-ring (bicyclic) bond motifs is 1. The molecule has 1 unspecified atom stereocenters. The lowest BCUT2D eigenvalue weighted by molar-refractivity contribution is -0.284. The Labute approximate surface area is 288 Å². The Bertz CT molecular complexity index is 1120. The largest absolute Gasteiger partial charge is 0.379 e. The van der Waals surface area contributed by atoms with Crippen molar-refractivity contribution in [2.45, 2.75) is 139 Å². The SMILES string of the molecule is CCCCOC[C@H]1O[C@@H](c2cc(CC3Cc4ccccc4S3)ccc2COOC)[C@H](OCCCC)[C@@H](OCCCC)[C@@H]1OCCCC. The van der Waals surface area contributed by atoms with Gasteiger partial charge in [-0.1, -0.05) is 89.8 Å². The third kappa shape index (κ3) is 11.5. The predicted octanol–water partition coefficient (Wildman–Crippen LogP) is 8.84. The Morgan fingerprint density at radius 2 is 1.43 bits per heavy atom. The Morgan fingerprint density at radius 1 is 0.766 bits per heavy atom. The van der Waals surface area contributed by atoms with Gasteiger partial charge < -0.3 is 23.7 Å². The van der Waals surface area contributed by atoms with E-state index in [-0.39, 0.29) is 30.5 Å². The topological polar surface area (TPSA) is 64.6 Å².